The van der Waals surface area contributed by atoms with Gasteiger partial charge in [0.2, 0.25) is 0 Å². The number of carbonyl (C=O) groups is 1. The van der Waals surface area contributed by atoms with Gasteiger partial charge in [0.15, 0.2) is 17.5 Å². The molecule has 6 heteroatoms. The minimum absolute atomic E-state index is 0.127. The van der Waals surface area contributed by atoms with Crippen LogP contribution in [0.4, 0.5) is 13.2 Å². The fraction of sp³-hybridized carbons (Fsp3) is 0.462. The van der Waals surface area contributed by atoms with Gasteiger partial charge in [-0.2, -0.15) is 0 Å². The second kappa shape index (κ2) is 5.82. The zero-order chi connectivity index (χ0) is 14.0. The molecule has 1 amide bonds. The van der Waals surface area contributed by atoms with Gasteiger partial charge in [0.1, 0.15) is 0 Å². The number of hydrogen-bond donors (Lipinski definition) is 1. The first-order chi connectivity index (χ1) is 8.97. The summed E-state index contributed by atoms with van der Waals surface area (Å²) in [5, 5.41) is 2.71. The van der Waals surface area contributed by atoms with Crippen LogP contribution in [0.3, 0.4) is 0 Å². The third kappa shape index (κ3) is 3.41. The van der Waals surface area contributed by atoms with Crippen LogP contribution in [0.1, 0.15) is 29.6 Å². The normalized spacial score (nSPS) is 22.5. The van der Waals surface area contributed by atoms with Gasteiger partial charge in [-0.3, -0.25) is 4.79 Å². The van der Waals surface area contributed by atoms with E-state index in [9.17, 15) is 18.0 Å². The van der Waals surface area contributed by atoms with Crippen LogP contribution in [-0.2, 0) is 0 Å². The lowest BCUT2D eigenvalue weighted by Gasteiger charge is -2.11. The van der Waals surface area contributed by atoms with Gasteiger partial charge in [-0.15, -0.1) is 11.6 Å². The van der Waals surface area contributed by atoms with Gasteiger partial charge in [0.05, 0.1) is 0 Å². The van der Waals surface area contributed by atoms with Crippen molar-refractivity contribution in [2.24, 2.45) is 5.92 Å². The van der Waals surface area contributed by atoms with E-state index in [2.05, 4.69) is 5.32 Å². The SMILES string of the molecule is O=C(NCC1CCC(Cl)C1)c1cc(F)c(F)c(F)c1. The van der Waals surface area contributed by atoms with Crippen molar-refractivity contribution in [2.45, 2.75) is 24.6 Å². The molecule has 104 valence electrons. The molecule has 0 spiro atoms. The van der Waals surface area contributed by atoms with Crippen molar-refractivity contribution >= 4 is 17.5 Å². The first-order valence-electron chi connectivity index (χ1n) is 6.04. The van der Waals surface area contributed by atoms with Crippen LogP contribution in [0.15, 0.2) is 12.1 Å². The number of carbonyl (C=O) groups excluding carboxylic acids is 1. The standard InChI is InChI=1S/C13H13ClF3NO/c14-9-2-1-7(3-9)6-18-13(19)8-4-10(15)12(17)11(16)5-8/h4-5,7,9H,1-3,6H2,(H,18,19). The molecule has 2 rings (SSSR count). The van der Waals surface area contributed by atoms with Crippen LogP contribution >= 0.6 is 11.6 Å². The Hall–Kier alpha value is -1.23. The molecule has 0 heterocycles. The Morgan fingerprint density at radius 1 is 1.26 bits per heavy atom. The average molecular weight is 292 g/mol. The lowest BCUT2D eigenvalue weighted by Crippen LogP contribution is -2.28. The molecular formula is C13H13ClF3NO. The largest absolute Gasteiger partial charge is 0.352 e. The third-order valence-electron chi connectivity index (χ3n) is 3.27. The molecule has 1 aromatic carbocycles. The molecule has 1 aromatic rings. The molecule has 1 aliphatic carbocycles. The number of amides is 1. The molecule has 1 fully saturated rings. The molecule has 0 aliphatic heterocycles. The Labute approximate surface area is 113 Å². The lowest BCUT2D eigenvalue weighted by atomic mass is 10.1. The van der Waals surface area contributed by atoms with Crippen LogP contribution in [-0.4, -0.2) is 17.8 Å². The van der Waals surface area contributed by atoms with E-state index < -0.39 is 23.4 Å². The summed E-state index contributed by atoms with van der Waals surface area (Å²) < 4.78 is 38.7. The van der Waals surface area contributed by atoms with Gasteiger partial charge in [-0.05, 0) is 37.3 Å². The average Bonchev–Trinajstić information content (AvgIpc) is 2.78. The van der Waals surface area contributed by atoms with Crippen LogP contribution in [0, 0.1) is 23.4 Å². The quantitative estimate of drug-likeness (QED) is 0.672. The molecule has 1 aliphatic rings. The van der Waals surface area contributed by atoms with E-state index in [-0.39, 0.29) is 16.9 Å². The summed E-state index contributed by atoms with van der Waals surface area (Å²) in [4.78, 5) is 11.7. The Balaban J connectivity index is 1.96. The number of alkyl halides is 1. The predicted molar refractivity (Wildman–Crippen MR) is 65.6 cm³/mol. The smallest absolute Gasteiger partial charge is 0.251 e. The van der Waals surface area contributed by atoms with Crippen molar-refractivity contribution < 1.29 is 18.0 Å². The van der Waals surface area contributed by atoms with Crippen LogP contribution < -0.4 is 5.32 Å². The first-order valence-corrected chi connectivity index (χ1v) is 6.48. The summed E-state index contributed by atoms with van der Waals surface area (Å²) in [5.74, 6) is -4.64. The van der Waals surface area contributed by atoms with E-state index in [1.807, 2.05) is 0 Å². The minimum Gasteiger partial charge on any atom is -0.352 e. The summed E-state index contributed by atoms with van der Waals surface area (Å²) in [5.41, 5.74) is -0.225. The predicted octanol–water partition coefficient (Wildman–Crippen LogP) is 3.24. The number of benzene rings is 1. The number of halogens is 4. The lowest BCUT2D eigenvalue weighted by molar-refractivity contribution is 0.0946. The van der Waals surface area contributed by atoms with Crippen LogP contribution in [0.5, 0.6) is 0 Å². The molecule has 0 aromatic heterocycles. The summed E-state index contributed by atoms with van der Waals surface area (Å²) in [7, 11) is 0. The Morgan fingerprint density at radius 3 is 2.42 bits per heavy atom. The molecular weight excluding hydrogens is 279 g/mol. The molecule has 0 saturated heterocycles. The molecule has 2 atom stereocenters. The van der Waals surface area contributed by atoms with Gasteiger partial charge in [-0.25, -0.2) is 13.2 Å². The van der Waals surface area contributed by atoms with Gasteiger partial charge in [0.25, 0.3) is 5.91 Å². The topological polar surface area (TPSA) is 29.1 Å². The van der Waals surface area contributed by atoms with Crippen molar-refractivity contribution in [3.8, 4) is 0 Å². The molecule has 1 N–H and O–H groups in total. The molecule has 2 nitrogen and oxygen atoms in total. The minimum atomic E-state index is -1.57. The van der Waals surface area contributed by atoms with Gasteiger partial charge >= 0.3 is 0 Å². The van der Waals surface area contributed by atoms with Crippen molar-refractivity contribution in [1.29, 1.82) is 0 Å². The maximum absolute atomic E-state index is 13.0. The number of nitrogens with one attached hydrogen (secondary N) is 1. The molecule has 2 unspecified atom stereocenters. The van der Waals surface area contributed by atoms with Gasteiger partial charge in [0, 0.05) is 17.5 Å². The Morgan fingerprint density at radius 2 is 1.89 bits per heavy atom. The zero-order valence-electron chi connectivity index (χ0n) is 10.1. The maximum atomic E-state index is 13.0. The van der Waals surface area contributed by atoms with E-state index in [0.29, 0.717) is 18.7 Å². The highest BCUT2D eigenvalue weighted by Crippen LogP contribution is 2.28. The van der Waals surface area contributed by atoms with Crippen molar-refractivity contribution in [3.63, 3.8) is 0 Å². The van der Waals surface area contributed by atoms with E-state index in [1.54, 1.807) is 0 Å². The summed E-state index contributed by atoms with van der Waals surface area (Å²) in [6.45, 7) is 0.405. The van der Waals surface area contributed by atoms with Crippen molar-refractivity contribution in [2.75, 3.05) is 6.54 Å². The van der Waals surface area contributed by atoms with Crippen LogP contribution in [0.2, 0.25) is 0 Å². The number of hydrogen-bond acceptors (Lipinski definition) is 1. The number of rotatable bonds is 3. The monoisotopic (exact) mass is 291 g/mol. The second-order valence-electron chi connectivity index (χ2n) is 4.74. The highest BCUT2D eigenvalue weighted by atomic mass is 35.5. The van der Waals surface area contributed by atoms with E-state index >= 15 is 0 Å². The Bertz CT molecular complexity index is 472. The van der Waals surface area contributed by atoms with Gasteiger partial charge in [-0.1, -0.05) is 0 Å². The zero-order valence-corrected chi connectivity index (χ0v) is 10.8. The first kappa shape index (κ1) is 14.2. The maximum Gasteiger partial charge on any atom is 0.251 e. The van der Waals surface area contributed by atoms with Crippen LogP contribution in [0.25, 0.3) is 0 Å². The summed E-state index contributed by atoms with van der Waals surface area (Å²) >= 11 is 5.94. The third-order valence-corrected chi connectivity index (χ3v) is 3.67. The fourth-order valence-electron chi connectivity index (χ4n) is 2.23. The highest BCUT2D eigenvalue weighted by Gasteiger charge is 2.23. The van der Waals surface area contributed by atoms with E-state index in [0.717, 1.165) is 19.3 Å². The van der Waals surface area contributed by atoms with E-state index in [4.69, 9.17) is 11.6 Å². The molecule has 19 heavy (non-hydrogen) atoms. The molecule has 0 radical (unpaired) electrons. The Kier molecular flexibility index (Phi) is 4.34. The van der Waals surface area contributed by atoms with Crippen molar-refractivity contribution in [3.05, 3.63) is 35.1 Å². The summed E-state index contributed by atoms with van der Waals surface area (Å²) in [6.07, 6.45) is 2.64. The summed E-state index contributed by atoms with van der Waals surface area (Å²) in [6, 6.07) is 1.37. The molecule has 1 saturated carbocycles. The van der Waals surface area contributed by atoms with Gasteiger partial charge < -0.3 is 5.32 Å². The molecule has 0 bridgehead atoms. The second-order valence-corrected chi connectivity index (χ2v) is 5.36. The van der Waals surface area contributed by atoms with E-state index in [1.165, 1.54) is 0 Å². The highest BCUT2D eigenvalue weighted by molar-refractivity contribution is 6.20. The van der Waals surface area contributed by atoms with Crippen molar-refractivity contribution in [1.82, 2.24) is 5.32 Å². The fourth-order valence-corrected chi connectivity index (χ4v) is 2.60.